The van der Waals surface area contributed by atoms with Crippen LogP contribution in [0.25, 0.3) is 0 Å². The monoisotopic (exact) mass is 261 g/mol. The highest BCUT2D eigenvalue weighted by Gasteiger charge is 2.37. The molecule has 3 rings (SSSR count). The molecule has 1 saturated heterocycles. The second-order valence-electron chi connectivity index (χ2n) is 5.33. The fraction of sp³-hybridized carbons (Fsp3) is 0.643. The smallest absolute Gasteiger partial charge is 0.323 e. The molecule has 1 aromatic heterocycles. The first-order valence-electron chi connectivity index (χ1n) is 6.95. The third-order valence-corrected chi connectivity index (χ3v) is 3.93. The molecule has 0 amide bonds. The van der Waals surface area contributed by atoms with Crippen molar-refractivity contribution in [2.75, 3.05) is 6.54 Å². The van der Waals surface area contributed by atoms with E-state index in [0.29, 0.717) is 0 Å². The van der Waals surface area contributed by atoms with Gasteiger partial charge in [0, 0.05) is 32.1 Å². The van der Waals surface area contributed by atoms with Gasteiger partial charge in [-0.05, 0) is 18.9 Å². The normalized spacial score (nSPS) is 27.2. The maximum atomic E-state index is 11.8. The van der Waals surface area contributed by atoms with Crippen molar-refractivity contribution in [2.45, 2.75) is 51.8 Å². The average Bonchev–Trinajstić information content (AvgIpc) is 2.76. The molecule has 0 N–H and O–H groups in total. The van der Waals surface area contributed by atoms with Crippen molar-refractivity contribution < 1.29 is 9.53 Å². The van der Waals surface area contributed by atoms with Gasteiger partial charge in [0.2, 0.25) is 0 Å². The van der Waals surface area contributed by atoms with Crippen LogP contribution in [0, 0.1) is 0 Å². The molecule has 2 aliphatic rings. The molecule has 1 aromatic rings. The van der Waals surface area contributed by atoms with E-state index in [9.17, 15) is 4.79 Å². The zero-order valence-corrected chi connectivity index (χ0v) is 11.4. The molecule has 0 unspecified atom stereocenters. The number of cyclic esters (lactones) is 1. The van der Waals surface area contributed by atoms with E-state index in [4.69, 9.17) is 4.74 Å². The van der Waals surface area contributed by atoms with Crippen molar-refractivity contribution in [1.29, 1.82) is 0 Å². The summed E-state index contributed by atoms with van der Waals surface area (Å²) in [6.07, 6.45) is 4.52. The highest BCUT2D eigenvalue weighted by Crippen LogP contribution is 2.25. The molecule has 0 aliphatic carbocycles. The summed E-state index contributed by atoms with van der Waals surface area (Å²) in [6, 6.07) is -0.0943. The molecule has 2 aliphatic heterocycles. The summed E-state index contributed by atoms with van der Waals surface area (Å²) in [5, 5.41) is 0. The van der Waals surface area contributed by atoms with Gasteiger partial charge in [-0.1, -0.05) is 6.92 Å². The minimum Gasteiger partial charge on any atom is -0.461 e. The van der Waals surface area contributed by atoms with E-state index in [1.807, 2.05) is 13.1 Å². The number of nitrogens with zero attached hydrogens (tertiary/aromatic N) is 3. The van der Waals surface area contributed by atoms with E-state index in [1.165, 1.54) is 5.56 Å². The van der Waals surface area contributed by atoms with E-state index in [-0.39, 0.29) is 18.1 Å². The third-order valence-electron chi connectivity index (χ3n) is 3.93. The zero-order chi connectivity index (χ0) is 13.4. The van der Waals surface area contributed by atoms with Crippen molar-refractivity contribution in [3.63, 3.8) is 0 Å². The number of fused-ring (bicyclic) bond motifs is 1. The Morgan fingerprint density at radius 1 is 1.53 bits per heavy atom. The minimum absolute atomic E-state index is 0.0375. The molecule has 3 heterocycles. The molecule has 0 aromatic carbocycles. The Kier molecular flexibility index (Phi) is 3.22. The second-order valence-corrected chi connectivity index (χ2v) is 5.33. The quantitative estimate of drug-likeness (QED) is 0.746. The van der Waals surface area contributed by atoms with Crippen molar-refractivity contribution >= 4 is 5.97 Å². The average molecular weight is 261 g/mol. The number of hydrogen-bond acceptors (Lipinski definition) is 5. The number of aryl methyl sites for hydroxylation is 1. The number of hydrogen-bond donors (Lipinski definition) is 0. The van der Waals surface area contributed by atoms with E-state index in [0.717, 1.165) is 43.9 Å². The highest BCUT2D eigenvalue weighted by molar-refractivity contribution is 5.78. The molecule has 0 bridgehead atoms. The Morgan fingerprint density at radius 2 is 2.37 bits per heavy atom. The third kappa shape index (κ3) is 2.34. The predicted octanol–water partition coefficient (Wildman–Crippen LogP) is 1.10. The lowest BCUT2D eigenvalue weighted by Gasteiger charge is -2.30. The van der Waals surface area contributed by atoms with Crippen molar-refractivity contribution in [3.05, 3.63) is 23.3 Å². The fourth-order valence-corrected chi connectivity index (χ4v) is 2.83. The molecule has 2 atom stereocenters. The van der Waals surface area contributed by atoms with Crippen molar-refractivity contribution in [3.8, 4) is 0 Å². The molecular formula is C14H19N3O2. The molecular weight excluding hydrogens is 242 g/mol. The van der Waals surface area contributed by atoms with Crippen LogP contribution in [0.2, 0.25) is 0 Å². The van der Waals surface area contributed by atoms with Crippen molar-refractivity contribution in [1.82, 2.24) is 14.9 Å². The molecule has 19 heavy (non-hydrogen) atoms. The van der Waals surface area contributed by atoms with Gasteiger partial charge in [-0.2, -0.15) is 0 Å². The van der Waals surface area contributed by atoms with Gasteiger partial charge in [0.25, 0.3) is 0 Å². The van der Waals surface area contributed by atoms with Gasteiger partial charge in [0.05, 0.1) is 5.69 Å². The van der Waals surface area contributed by atoms with Crippen LogP contribution in [0.5, 0.6) is 0 Å². The number of esters is 1. The molecule has 1 fully saturated rings. The summed E-state index contributed by atoms with van der Waals surface area (Å²) >= 11 is 0. The molecule has 0 radical (unpaired) electrons. The van der Waals surface area contributed by atoms with Crippen LogP contribution in [0.4, 0.5) is 0 Å². The maximum Gasteiger partial charge on any atom is 0.323 e. The molecule has 102 valence electrons. The Hall–Kier alpha value is -1.49. The zero-order valence-electron chi connectivity index (χ0n) is 11.4. The van der Waals surface area contributed by atoms with Crippen LogP contribution in [0.3, 0.4) is 0 Å². The van der Waals surface area contributed by atoms with Crippen LogP contribution < -0.4 is 0 Å². The summed E-state index contributed by atoms with van der Waals surface area (Å²) < 4.78 is 5.25. The largest absolute Gasteiger partial charge is 0.461 e. The Bertz CT molecular complexity index is 503. The van der Waals surface area contributed by atoms with Gasteiger partial charge in [0.1, 0.15) is 18.0 Å². The van der Waals surface area contributed by atoms with E-state index >= 15 is 0 Å². The Labute approximate surface area is 113 Å². The van der Waals surface area contributed by atoms with E-state index in [1.54, 1.807) is 0 Å². The SMILES string of the molecule is CCc1ncc2c(n1)CN([C@@H]1C[C@@H](C)OC1=O)CC2. The highest BCUT2D eigenvalue weighted by atomic mass is 16.6. The Morgan fingerprint density at radius 3 is 3.05 bits per heavy atom. The standard InChI is InChI=1S/C14H19N3O2/c1-3-13-15-7-10-4-5-17(8-11(10)16-13)12-6-9(2)19-14(12)18/h7,9,12H,3-6,8H2,1-2H3/t9-,12-/m1/s1. The van der Waals surface area contributed by atoms with Gasteiger partial charge >= 0.3 is 5.97 Å². The summed E-state index contributed by atoms with van der Waals surface area (Å²) in [5.74, 6) is 0.795. The number of aromatic nitrogens is 2. The van der Waals surface area contributed by atoms with Crippen LogP contribution >= 0.6 is 0 Å². The number of carbonyl (C=O) groups excluding carboxylic acids is 1. The molecule has 0 saturated carbocycles. The Balaban J connectivity index is 1.79. The predicted molar refractivity (Wildman–Crippen MR) is 69.5 cm³/mol. The van der Waals surface area contributed by atoms with E-state index in [2.05, 4.69) is 21.8 Å². The van der Waals surface area contributed by atoms with Crippen LogP contribution in [0.1, 0.15) is 37.4 Å². The number of rotatable bonds is 2. The topological polar surface area (TPSA) is 55.3 Å². The second kappa shape index (κ2) is 4.89. The lowest BCUT2D eigenvalue weighted by molar-refractivity contribution is -0.145. The minimum atomic E-state index is -0.0943. The van der Waals surface area contributed by atoms with Gasteiger partial charge in [-0.3, -0.25) is 9.69 Å². The maximum absolute atomic E-state index is 11.8. The van der Waals surface area contributed by atoms with Gasteiger partial charge in [0.15, 0.2) is 0 Å². The van der Waals surface area contributed by atoms with Crippen LogP contribution in [0.15, 0.2) is 6.20 Å². The van der Waals surface area contributed by atoms with Gasteiger partial charge in [-0.25, -0.2) is 9.97 Å². The summed E-state index contributed by atoms with van der Waals surface area (Å²) in [7, 11) is 0. The lowest BCUT2D eigenvalue weighted by Crippen LogP contribution is -2.42. The van der Waals surface area contributed by atoms with Crippen LogP contribution in [-0.4, -0.2) is 39.5 Å². The molecule has 5 nitrogen and oxygen atoms in total. The fourth-order valence-electron chi connectivity index (χ4n) is 2.83. The van der Waals surface area contributed by atoms with Crippen LogP contribution in [-0.2, 0) is 28.9 Å². The van der Waals surface area contributed by atoms with Gasteiger partial charge in [-0.15, -0.1) is 0 Å². The summed E-state index contributed by atoms with van der Waals surface area (Å²) in [5.41, 5.74) is 2.29. The lowest BCUT2D eigenvalue weighted by atomic mass is 10.0. The van der Waals surface area contributed by atoms with Gasteiger partial charge < -0.3 is 4.74 Å². The van der Waals surface area contributed by atoms with E-state index < -0.39 is 0 Å². The number of carbonyl (C=O) groups is 1. The number of ether oxygens (including phenoxy) is 1. The summed E-state index contributed by atoms with van der Waals surface area (Å²) in [4.78, 5) is 22.9. The first-order chi connectivity index (χ1) is 9.17. The molecule has 5 heteroatoms. The first-order valence-corrected chi connectivity index (χ1v) is 6.95. The first kappa shape index (κ1) is 12.5. The summed E-state index contributed by atoms with van der Waals surface area (Å²) in [6.45, 7) is 5.62. The van der Waals surface area contributed by atoms with Crippen molar-refractivity contribution in [2.24, 2.45) is 0 Å². The molecule has 0 spiro atoms.